The molecule has 3 aromatic rings. The van der Waals surface area contributed by atoms with Gasteiger partial charge in [-0.25, -0.2) is 4.79 Å². The molecule has 2 aliphatic carbocycles. The summed E-state index contributed by atoms with van der Waals surface area (Å²) in [6.45, 7) is 5.13. The fraction of sp³-hybridized carbons (Fsp3) is 0.250. The van der Waals surface area contributed by atoms with Crippen LogP contribution < -0.4 is 5.73 Å². The summed E-state index contributed by atoms with van der Waals surface area (Å²) in [5.41, 5.74) is 14.2. The van der Waals surface area contributed by atoms with Crippen LogP contribution in [0.1, 0.15) is 42.9 Å². The van der Waals surface area contributed by atoms with Crippen LogP contribution in [0, 0.1) is 11.8 Å². The third kappa shape index (κ3) is 5.30. The molecule has 43 heavy (non-hydrogen) atoms. The Labute approximate surface area is 258 Å². The predicted octanol–water partition coefficient (Wildman–Crippen LogP) is 6.89. The molecule has 7 heteroatoms. The predicted molar refractivity (Wildman–Crippen MR) is 174 cm³/mol. The van der Waals surface area contributed by atoms with E-state index in [2.05, 4.69) is 43.0 Å². The molecule has 0 saturated heterocycles. The van der Waals surface area contributed by atoms with Crippen molar-refractivity contribution in [3.63, 3.8) is 0 Å². The number of allylic oxidation sites excluding steroid dienone is 3. The highest BCUT2D eigenvalue weighted by Gasteiger charge is 2.37. The first-order chi connectivity index (χ1) is 20.7. The minimum absolute atomic E-state index is 0.0206. The van der Waals surface area contributed by atoms with Crippen molar-refractivity contribution >= 4 is 34.7 Å². The number of rotatable bonds is 7. The van der Waals surface area contributed by atoms with Crippen LogP contribution >= 0.6 is 12.2 Å². The van der Waals surface area contributed by atoms with E-state index < -0.39 is 12.0 Å². The summed E-state index contributed by atoms with van der Waals surface area (Å²) in [6.07, 6.45) is 3.63. The van der Waals surface area contributed by atoms with Crippen molar-refractivity contribution < 1.29 is 14.3 Å². The van der Waals surface area contributed by atoms with Gasteiger partial charge >= 0.3 is 6.09 Å². The first kappa shape index (κ1) is 28.6. The molecule has 218 valence electrons. The van der Waals surface area contributed by atoms with Crippen molar-refractivity contribution in [1.82, 2.24) is 9.80 Å². The zero-order valence-corrected chi connectivity index (χ0v) is 25.4. The van der Waals surface area contributed by atoms with Gasteiger partial charge in [0.15, 0.2) is 5.78 Å². The van der Waals surface area contributed by atoms with Crippen LogP contribution in [0.25, 0.3) is 16.7 Å². The van der Waals surface area contributed by atoms with Gasteiger partial charge in [0.25, 0.3) is 0 Å². The maximum Gasteiger partial charge on any atom is 0.415 e. The van der Waals surface area contributed by atoms with Crippen LogP contribution in [0.2, 0.25) is 0 Å². The average Bonchev–Trinajstić information content (AvgIpc) is 3.32. The van der Waals surface area contributed by atoms with E-state index in [0.717, 1.165) is 33.4 Å². The molecule has 0 radical (unpaired) electrons. The van der Waals surface area contributed by atoms with E-state index in [0.29, 0.717) is 12.4 Å². The van der Waals surface area contributed by atoms with Gasteiger partial charge in [-0.2, -0.15) is 0 Å². The fourth-order valence-corrected chi connectivity index (χ4v) is 6.63. The second kappa shape index (κ2) is 11.7. The van der Waals surface area contributed by atoms with Gasteiger partial charge in [0.1, 0.15) is 12.4 Å². The van der Waals surface area contributed by atoms with E-state index in [4.69, 9.17) is 22.7 Å². The number of carbonyl (C=O) groups excluding carboxylic acids is 2. The van der Waals surface area contributed by atoms with Gasteiger partial charge in [-0.1, -0.05) is 111 Å². The van der Waals surface area contributed by atoms with Gasteiger partial charge in [-0.15, -0.1) is 0 Å². The van der Waals surface area contributed by atoms with Crippen LogP contribution in [0.4, 0.5) is 4.79 Å². The molecule has 6 nitrogen and oxygen atoms in total. The van der Waals surface area contributed by atoms with Gasteiger partial charge < -0.3 is 15.4 Å². The molecule has 0 aromatic heterocycles. The molecule has 1 amide bonds. The lowest BCUT2D eigenvalue weighted by Gasteiger charge is -2.39. The number of nitrogens with zero attached hydrogens (tertiary/aromatic N) is 2. The third-order valence-corrected chi connectivity index (χ3v) is 8.58. The Morgan fingerprint density at radius 2 is 1.60 bits per heavy atom. The highest BCUT2D eigenvalue weighted by Crippen LogP contribution is 2.45. The highest BCUT2D eigenvalue weighted by atomic mass is 32.1. The number of benzene rings is 3. The van der Waals surface area contributed by atoms with Crippen molar-refractivity contribution in [2.24, 2.45) is 17.6 Å². The third-order valence-electron chi connectivity index (χ3n) is 8.33. The molecule has 0 bridgehead atoms. The van der Waals surface area contributed by atoms with Crippen molar-refractivity contribution in [3.05, 3.63) is 125 Å². The Morgan fingerprint density at radius 1 is 1.00 bits per heavy atom. The standard InChI is InChI=1S/C36H35N3O3S/c1-22(2)19-39-20-24-17-32(40)30(34(37)43)18-29(24)33(23-11-5-4-6-12-23)35(39)38(3)36(41)42-21-31-27-15-9-7-13-25(27)26-14-8-10-16-28(26)31/h4-16,18,20,22,30-31H,17,19,21H2,1-3H3,(H2,37,43). The second-order valence-electron chi connectivity index (χ2n) is 11.7. The molecule has 1 aliphatic heterocycles. The molecule has 6 rings (SSSR count). The number of hydrogen-bond acceptors (Lipinski definition) is 5. The Bertz CT molecular complexity index is 1660. The molecular formula is C36H35N3O3S. The van der Waals surface area contributed by atoms with E-state index in [1.165, 1.54) is 11.1 Å². The first-order valence-electron chi connectivity index (χ1n) is 14.6. The monoisotopic (exact) mass is 589 g/mol. The van der Waals surface area contributed by atoms with Gasteiger partial charge in [-0.3, -0.25) is 9.69 Å². The fourth-order valence-electron chi connectivity index (χ4n) is 6.43. The van der Waals surface area contributed by atoms with Gasteiger partial charge in [0, 0.05) is 37.7 Å². The van der Waals surface area contributed by atoms with Crippen molar-refractivity contribution in [3.8, 4) is 11.1 Å². The van der Waals surface area contributed by atoms with Crippen LogP contribution in [-0.2, 0) is 9.53 Å². The van der Waals surface area contributed by atoms with E-state index in [-0.39, 0.29) is 35.6 Å². The molecule has 0 fully saturated rings. The normalized spacial score (nSPS) is 17.6. The summed E-state index contributed by atoms with van der Waals surface area (Å²) in [4.78, 5) is 30.8. The zero-order chi connectivity index (χ0) is 30.2. The van der Waals surface area contributed by atoms with Crippen molar-refractivity contribution in [1.29, 1.82) is 0 Å². The van der Waals surface area contributed by atoms with Crippen LogP contribution in [0.3, 0.4) is 0 Å². The minimum Gasteiger partial charge on any atom is -0.448 e. The molecule has 1 heterocycles. The number of thiocarbonyl (C=S) groups is 1. The second-order valence-corrected chi connectivity index (χ2v) is 12.2. The molecule has 2 N–H and O–H groups in total. The Balaban J connectivity index is 1.39. The van der Waals surface area contributed by atoms with Gasteiger partial charge in [-0.05, 0) is 44.9 Å². The number of carbonyl (C=O) groups is 2. The summed E-state index contributed by atoms with van der Waals surface area (Å²) in [5, 5.41) is 0. The SMILES string of the molecule is CC(C)CN1C=C2CC(=O)C(C(N)=S)C=C2C(c2ccccc2)=C1N(C)C(=O)OCC1c2ccccc2-c2ccccc21. The van der Waals surface area contributed by atoms with Gasteiger partial charge in [0.05, 0.1) is 10.9 Å². The van der Waals surface area contributed by atoms with Crippen LogP contribution in [0.15, 0.2) is 108 Å². The molecular weight excluding hydrogens is 554 g/mol. The summed E-state index contributed by atoms with van der Waals surface area (Å²) in [5.74, 6) is 0.263. The zero-order valence-electron chi connectivity index (χ0n) is 24.6. The van der Waals surface area contributed by atoms with Crippen LogP contribution in [0.5, 0.6) is 0 Å². The minimum atomic E-state index is -0.654. The van der Waals surface area contributed by atoms with E-state index in [9.17, 15) is 9.59 Å². The topological polar surface area (TPSA) is 75.9 Å². The maximum absolute atomic E-state index is 13.9. The van der Waals surface area contributed by atoms with E-state index in [1.54, 1.807) is 11.9 Å². The van der Waals surface area contributed by atoms with Crippen LogP contribution in [-0.4, -0.2) is 46.9 Å². The first-order valence-corrected chi connectivity index (χ1v) is 15.1. The number of hydrogen-bond donors (Lipinski definition) is 1. The average molecular weight is 590 g/mol. The number of ketones is 1. The number of nitrogens with two attached hydrogens (primary N) is 1. The molecule has 0 spiro atoms. The molecule has 0 saturated carbocycles. The highest BCUT2D eigenvalue weighted by molar-refractivity contribution is 7.80. The molecule has 1 unspecified atom stereocenters. The summed E-state index contributed by atoms with van der Waals surface area (Å²) in [6, 6.07) is 26.5. The summed E-state index contributed by atoms with van der Waals surface area (Å²) in [7, 11) is 1.75. The molecule has 3 aliphatic rings. The summed E-state index contributed by atoms with van der Waals surface area (Å²) >= 11 is 5.27. The Hall–Kier alpha value is -4.49. The van der Waals surface area contributed by atoms with Crippen molar-refractivity contribution in [2.45, 2.75) is 26.2 Å². The Kier molecular flexibility index (Phi) is 7.75. The number of fused-ring (bicyclic) bond motifs is 4. The lowest BCUT2D eigenvalue weighted by Crippen LogP contribution is -2.41. The number of amides is 1. The molecule has 1 atom stereocenters. The summed E-state index contributed by atoms with van der Waals surface area (Å²) < 4.78 is 6.10. The van der Waals surface area contributed by atoms with Crippen molar-refractivity contribution in [2.75, 3.05) is 20.2 Å². The number of Topliss-reactive ketones (excluding diaryl/α,β-unsaturated/α-hetero) is 1. The van der Waals surface area contributed by atoms with E-state index >= 15 is 0 Å². The lowest BCUT2D eigenvalue weighted by molar-refractivity contribution is -0.119. The maximum atomic E-state index is 13.9. The lowest BCUT2D eigenvalue weighted by atomic mass is 9.79. The smallest absolute Gasteiger partial charge is 0.415 e. The quantitative estimate of drug-likeness (QED) is 0.303. The Morgan fingerprint density at radius 3 is 2.21 bits per heavy atom. The van der Waals surface area contributed by atoms with Gasteiger partial charge in [0.2, 0.25) is 0 Å². The van der Waals surface area contributed by atoms with E-state index in [1.807, 2.05) is 66.9 Å². The largest absolute Gasteiger partial charge is 0.448 e. The molecule has 3 aromatic carbocycles. The number of ether oxygens (including phenoxy) is 1.